The number of phenols is 1. The highest BCUT2D eigenvalue weighted by atomic mass is 16.5. The second kappa shape index (κ2) is 9.74. The van der Waals surface area contributed by atoms with Crippen LogP contribution in [0, 0.1) is 5.41 Å². The van der Waals surface area contributed by atoms with Crippen LogP contribution in [0.1, 0.15) is 31.9 Å². The summed E-state index contributed by atoms with van der Waals surface area (Å²) in [6, 6.07) is 10.7. The van der Waals surface area contributed by atoms with Gasteiger partial charge in [0.25, 0.3) is 0 Å². The van der Waals surface area contributed by atoms with E-state index in [0.717, 1.165) is 22.3 Å². The first-order chi connectivity index (χ1) is 15.2. The van der Waals surface area contributed by atoms with Gasteiger partial charge in [-0.15, -0.1) is 0 Å². The maximum atomic E-state index is 9.72. The lowest BCUT2D eigenvalue weighted by atomic mass is 9.95. The lowest BCUT2D eigenvalue weighted by Gasteiger charge is -2.24. The molecule has 8 nitrogen and oxygen atoms in total. The third kappa shape index (κ3) is 5.59. The number of aromatic hydroxyl groups is 1. The lowest BCUT2D eigenvalue weighted by Crippen LogP contribution is -2.25. The third-order valence-electron chi connectivity index (χ3n) is 4.94. The number of rotatable bonds is 9. The van der Waals surface area contributed by atoms with Gasteiger partial charge in [0.05, 0.1) is 25.4 Å². The first-order valence-corrected chi connectivity index (χ1v) is 10.4. The van der Waals surface area contributed by atoms with Gasteiger partial charge in [-0.05, 0) is 42.3 Å². The van der Waals surface area contributed by atoms with Crippen LogP contribution in [-0.2, 0) is 6.42 Å². The van der Waals surface area contributed by atoms with Crippen LogP contribution in [0.2, 0.25) is 0 Å². The molecule has 0 saturated heterocycles. The standard InChI is InChI=1S/C24H30N4O4/c1-4-31-19-10-15(9-17-12-27-23(26)28-22(17)25)11-20(32-14-24(2,3)13-29)21(19)16-5-7-18(30)8-6-16/h5-8,10-12,29-30H,4,9,13-14H2,1-3H3,(H4,25,26,27,28). The summed E-state index contributed by atoms with van der Waals surface area (Å²) in [5.41, 5.74) is 14.5. The number of aliphatic hydroxyl groups excluding tert-OH is 1. The topological polar surface area (TPSA) is 137 Å². The van der Waals surface area contributed by atoms with E-state index in [-0.39, 0.29) is 18.3 Å². The summed E-state index contributed by atoms with van der Waals surface area (Å²) in [6.07, 6.45) is 2.07. The van der Waals surface area contributed by atoms with E-state index in [9.17, 15) is 10.2 Å². The van der Waals surface area contributed by atoms with E-state index >= 15 is 0 Å². The van der Waals surface area contributed by atoms with Crippen molar-refractivity contribution >= 4 is 11.8 Å². The molecule has 170 valence electrons. The minimum Gasteiger partial charge on any atom is -0.508 e. The van der Waals surface area contributed by atoms with Gasteiger partial charge in [-0.2, -0.15) is 4.98 Å². The number of hydrogen-bond donors (Lipinski definition) is 4. The van der Waals surface area contributed by atoms with Crippen molar-refractivity contribution in [3.05, 3.63) is 53.7 Å². The Labute approximate surface area is 187 Å². The molecule has 0 bridgehead atoms. The van der Waals surface area contributed by atoms with E-state index in [1.165, 1.54) is 0 Å². The van der Waals surface area contributed by atoms with Gasteiger partial charge in [-0.1, -0.05) is 26.0 Å². The minimum atomic E-state index is -0.427. The Bertz CT molecular complexity index is 1070. The monoisotopic (exact) mass is 438 g/mol. The largest absolute Gasteiger partial charge is 0.508 e. The molecule has 0 fully saturated rings. The lowest BCUT2D eigenvalue weighted by molar-refractivity contribution is 0.0977. The molecule has 8 heteroatoms. The Balaban J connectivity index is 2.10. The van der Waals surface area contributed by atoms with Gasteiger partial charge in [0, 0.05) is 23.6 Å². The summed E-state index contributed by atoms with van der Waals surface area (Å²) >= 11 is 0. The van der Waals surface area contributed by atoms with Gasteiger partial charge in [0.15, 0.2) is 0 Å². The van der Waals surface area contributed by atoms with Crippen molar-refractivity contribution in [2.45, 2.75) is 27.2 Å². The summed E-state index contributed by atoms with van der Waals surface area (Å²) < 4.78 is 12.2. The number of benzene rings is 2. The molecule has 0 aliphatic carbocycles. The fourth-order valence-corrected chi connectivity index (χ4v) is 3.15. The fourth-order valence-electron chi connectivity index (χ4n) is 3.15. The van der Waals surface area contributed by atoms with Crippen LogP contribution >= 0.6 is 0 Å². The smallest absolute Gasteiger partial charge is 0.221 e. The van der Waals surface area contributed by atoms with Crippen molar-refractivity contribution < 1.29 is 19.7 Å². The van der Waals surface area contributed by atoms with Gasteiger partial charge in [0.1, 0.15) is 23.1 Å². The number of ether oxygens (including phenoxy) is 2. The number of phenolic OH excluding ortho intramolecular Hbond substituents is 1. The first-order valence-electron chi connectivity index (χ1n) is 10.4. The maximum absolute atomic E-state index is 9.72. The third-order valence-corrected chi connectivity index (χ3v) is 4.94. The zero-order chi connectivity index (χ0) is 23.3. The molecule has 6 N–H and O–H groups in total. The van der Waals surface area contributed by atoms with Gasteiger partial charge in [-0.3, -0.25) is 0 Å². The summed E-state index contributed by atoms with van der Waals surface area (Å²) in [7, 11) is 0. The predicted octanol–water partition coefficient (Wildman–Crippen LogP) is 3.40. The molecule has 0 unspecified atom stereocenters. The molecule has 0 amide bonds. The van der Waals surface area contributed by atoms with E-state index in [1.54, 1.807) is 18.3 Å². The van der Waals surface area contributed by atoms with Crippen LogP contribution in [0.3, 0.4) is 0 Å². The molecule has 3 aromatic rings. The van der Waals surface area contributed by atoms with E-state index in [2.05, 4.69) is 9.97 Å². The highest BCUT2D eigenvalue weighted by molar-refractivity contribution is 5.78. The molecule has 2 aromatic carbocycles. The zero-order valence-electron chi connectivity index (χ0n) is 18.6. The zero-order valence-corrected chi connectivity index (χ0v) is 18.6. The van der Waals surface area contributed by atoms with E-state index in [0.29, 0.717) is 37.0 Å². The van der Waals surface area contributed by atoms with Gasteiger partial charge in [-0.25, -0.2) is 4.98 Å². The number of nitrogens with zero attached hydrogens (tertiary/aromatic N) is 2. The number of aliphatic hydroxyl groups is 1. The summed E-state index contributed by atoms with van der Waals surface area (Å²) in [4.78, 5) is 8.08. The van der Waals surface area contributed by atoms with Crippen LogP contribution in [0.4, 0.5) is 11.8 Å². The minimum absolute atomic E-state index is 0.0150. The van der Waals surface area contributed by atoms with E-state index in [4.69, 9.17) is 20.9 Å². The highest BCUT2D eigenvalue weighted by Crippen LogP contribution is 2.41. The van der Waals surface area contributed by atoms with Crippen LogP contribution in [0.25, 0.3) is 11.1 Å². The van der Waals surface area contributed by atoms with Gasteiger partial charge >= 0.3 is 0 Å². The van der Waals surface area contributed by atoms with Crippen LogP contribution in [0.5, 0.6) is 17.2 Å². The van der Waals surface area contributed by atoms with Crippen LogP contribution in [-0.4, -0.2) is 40.0 Å². The summed E-state index contributed by atoms with van der Waals surface area (Å²) in [6.45, 7) is 6.51. The fraction of sp³-hybridized carbons (Fsp3) is 0.333. The molecule has 1 heterocycles. The Kier molecular flexibility index (Phi) is 7.05. The highest BCUT2D eigenvalue weighted by Gasteiger charge is 2.21. The predicted molar refractivity (Wildman–Crippen MR) is 125 cm³/mol. The van der Waals surface area contributed by atoms with Crippen molar-refractivity contribution in [2.24, 2.45) is 5.41 Å². The number of aromatic nitrogens is 2. The number of nitrogens with two attached hydrogens (primary N) is 2. The van der Waals surface area contributed by atoms with E-state index < -0.39 is 5.41 Å². The van der Waals surface area contributed by atoms with Crippen LogP contribution < -0.4 is 20.9 Å². The second-order valence-electron chi connectivity index (χ2n) is 8.37. The molecule has 0 radical (unpaired) electrons. The summed E-state index contributed by atoms with van der Waals surface area (Å²) in [5, 5.41) is 19.4. The van der Waals surface area contributed by atoms with Crippen molar-refractivity contribution in [2.75, 3.05) is 31.3 Å². The number of hydrogen-bond acceptors (Lipinski definition) is 8. The molecule has 3 rings (SSSR count). The molecule has 0 spiro atoms. The number of nitrogen functional groups attached to an aromatic ring is 2. The first kappa shape index (κ1) is 23.1. The molecule has 0 atom stereocenters. The average Bonchev–Trinajstić information content (AvgIpc) is 2.75. The quantitative estimate of drug-likeness (QED) is 0.399. The number of anilines is 2. The van der Waals surface area contributed by atoms with Crippen molar-refractivity contribution in [1.82, 2.24) is 9.97 Å². The molecule has 32 heavy (non-hydrogen) atoms. The van der Waals surface area contributed by atoms with Crippen molar-refractivity contribution in [3.63, 3.8) is 0 Å². The second-order valence-corrected chi connectivity index (χ2v) is 8.37. The Morgan fingerprint density at radius 2 is 1.69 bits per heavy atom. The molecular weight excluding hydrogens is 408 g/mol. The molecule has 1 aromatic heterocycles. The van der Waals surface area contributed by atoms with Crippen molar-refractivity contribution in [3.8, 4) is 28.4 Å². The average molecular weight is 439 g/mol. The Morgan fingerprint density at radius 1 is 1.03 bits per heavy atom. The van der Waals surface area contributed by atoms with E-state index in [1.807, 2.05) is 45.0 Å². The van der Waals surface area contributed by atoms with Crippen LogP contribution in [0.15, 0.2) is 42.6 Å². The Morgan fingerprint density at radius 3 is 2.28 bits per heavy atom. The normalized spacial score (nSPS) is 11.4. The SMILES string of the molecule is CCOc1cc(Cc2cnc(N)nc2N)cc(OCC(C)(C)CO)c1-c1ccc(O)cc1. The van der Waals surface area contributed by atoms with Gasteiger partial charge in [0.2, 0.25) is 5.95 Å². The maximum Gasteiger partial charge on any atom is 0.221 e. The van der Waals surface area contributed by atoms with Gasteiger partial charge < -0.3 is 31.2 Å². The molecular formula is C24H30N4O4. The molecule has 0 aliphatic heterocycles. The van der Waals surface area contributed by atoms with Crippen molar-refractivity contribution in [1.29, 1.82) is 0 Å². The molecule has 0 aliphatic rings. The summed E-state index contributed by atoms with van der Waals surface area (Å²) in [5.74, 6) is 1.86. The molecule has 0 saturated carbocycles. The Hall–Kier alpha value is -3.52.